The minimum absolute atomic E-state index is 0.142. The first-order valence-electron chi connectivity index (χ1n) is 13.7. The van der Waals surface area contributed by atoms with Crippen molar-refractivity contribution in [1.29, 1.82) is 0 Å². The van der Waals surface area contributed by atoms with Gasteiger partial charge < -0.3 is 30.7 Å². The molecule has 2 aromatic carbocycles. The molecule has 1 amide bonds. The Morgan fingerprint density at radius 3 is 2.61 bits per heavy atom. The molecule has 0 aromatic heterocycles. The van der Waals surface area contributed by atoms with E-state index < -0.39 is 18.9 Å². The molecule has 222 valence electrons. The summed E-state index contributed by atoms with van der Waals surface area (Å²) < 4.78 is 38.2. The van der Waals surface area contributed by atoms with Crippen molar-refractivity contribution in [2.75, 3.05) is 38.2 Å². The summed E-state index contributed by atoms with van der Waals surface area (Å²) in [5.74, 6) is -1.81. The van der Waals surface area contributed by atoms with E-state index in [0.717, 1.165) is 43.3 Å². The van der Waals surface area contributed by atoms with E-state index >= 15 is 0 Å². The molecule has 5 heterocycles. The van der Waals surface area contributed by atoms with E-state index in [0.29, 0.717) is 36.9 Å². The maximum atomic E-state index is 13.5. The molecule has 5 aliphatic rings. The first-order chi connectivity index (χ1) is 19.5. The van der Waals surface area contributed by atoms with E-state index in [1.54, 1.807) is 24.3 Å². The fourth-order valence-corrected chi connectivity index (χ4v) is 4.17. The number of nitrogens with one attached hydrogen (secondary N) is 5. The number of alkyl halides is 2. The van der Waals surface area contributed by atoms with Gasteiger partial charge in [-0.05, 0) is 66.8 Å². The molecule has 0 radical (unpaired) electrons. The maximum absolute atomic E-state index is 13.5. The Kier molecular flexibility index (Phi) is 9.77. The van der Waals surface area contributed by atoms with Crippen molar-refractivity contribution in [2.24, 2.45) is 15.4 Å². The second-order valence-corrected chi connectivity index (χ2v) is 11.2. The summed E-state index contributed by atoms with van der Waals surface area (Å²) in [5, 5.41) is 15.5. The number of nitrogens with zero attached hydrogens (tertiary/aromatic N) is 2. The molecule has 7 rings (SSSR count). The Morgan fingerprint density at radius 1 is 1.10 bits per heavy atom. The third-order valence-electron chi connectivity index (χ3n) is 6.39. The standard InChI is InChI=1S/C29H39F2N7O3/c1-19-14-20-6-11-23(19)40-13-5-12-32-16-28(2,3)17-34-24(39)21-7-9-22(10-8-21)35-26-36-25(33-15-20)37-27(38-26)41-18-29(4,30)31/h6-11,14,27,32H,5,12-13,15-18H2,1-4H3,(H,34,39)(H3,33,35,36,37,38). The number of aryl methyl sites for hydroxylation is 1. The molecule has 0 fully saturated rings. The summed E-state index contributed by atoms with van der Waals surface area (Å²) in [4.78, 5) is 21.6. The quantitative estimate of drug-likeness (QED) is 0.382. The third kappa shape index (κ3) is 9.68. The summed E-state index contributed by atoms with van der Waals surface area (Å²) in [5.41, 5.74) is 2.95. The van der Waals surface area contributed by atoms with E-state index in [4.69, 9.17) is 9.47 Å². The first-order valence-corrected chi connectivity index (χ1v) is 13.7. The number of guanidine groups is 2. The number of hydrogen-bond donors (Lipinski definition) is 5. The maximum Gasteiger partial charge on any atom is 0.268 e. The molecular formula is C29H39F2N7O3. The van der Waals surface area contributed by atoms with E-state index in [2.05, 4.69) is 50.4 Å². The minimum Gasteiger partial charge on any atom is -0.493 e. The van der Waals surface area contributed by atoms with Crippen LogP contribution in [0.25, 0.3) is 0 Å². The molecule has 12 heteroatoms. The number of amides is 1. The van der Waals surface area contributed by atoms with Gasteiger partial charge in [-0.1, -0.05) is 26.0 Å². The predicted octanol–water partition coefficient (Wildman–Crippen LogP) is 3.60. The van der Waals surface area contributed by atoms with Crippen LogP contribution in [0.1, 0.15) is 48.7 Å². The van der Waals surface area contributed by atoms with Gasteiger partial charge in [0, 0.05) is 31.3 Å². The van der Waals surface area contributed by atoms with Crippen LogP contribution in [0.4, 0.5) is 14.5 Å². The van der Waals surface area contributed by atoms with Gasteiger partial charge in [-0.25, -0.2) is 13.8 Å². The summed E-state index contributed by atoms with van der Waals surface area (Å²) in [7, 11) is 0. The number of halogens is 2. The largest absolute Gasteiger partial charge is 0.493 e. The van der Waals surface area contributed by atoms with Gasteiger partial charge in [-0.15, -0.1) is 0 Å². The summed E-state index contributed by atoms with van der Waals surface area (Å²) in [6, 6.07) is 12.8. The molecule has 5 N–H and O–H groups in total. The lowest BCUT2D eigenvalue weighted by Crippen LogP contribution is -2.54. The van der Waals surface area contributed by atoms with Crippen molar-refractivity contribution in [2.45, 2.75) is 52.9 Å². The second kappa shape index (κ2) is 13.3. The lowest BCUT2D eigenvalue weighted by molar-refractivity contribution is -0.0890. The van der Waals surface area contributed by atoms with Crippen molar-refractivity contribution in [3.63, 3.8) is 0 Å². The van der Waals surface area contributed by atoms with E-state index in [-0.39, 0.29) is 17.3 Å². The zero-order valence-electron chi connectivity index (χ0n) is 23.9. The topological polar surface area (TPSA) is 120 Å². The van der Waals surface area contributed by atoms with Crippen LogP contribution in [-0.4, -0.2) is 62.9 Å². The fourth-order valence-electron chi connectivity index (χ4n) is 4.17. The van der Waals surface area contributed by atoms with Gasteiger partial charge in [0.25, 0.3) is 11.8 Å². The van der Waals surface area contributed by atoms with Crippen molar-refractivity contribution in [1.82, 2.24) is 21.3 Å². The van der Waals surface area contributed by atoms with Gasteiger partial charge in [-0.3, -0.25) is 10.1 Å². The van der Waals surface area contributed by atoms with E-state index in [9.17, 15) is 13.6 Å². The van der Waals surface area contributed by atoms with Gasteiger partial charge in [0.1, 0.15) is 12.4 Å². The summed E-state index contributed by atoms with van der Waals surface area (Å²) >= 11 is 0. The van der Waals surface area contributed by atoms with Crippen molar-refractivity contribution in [3.8, 4) is 5.75 Å². The van der Waals surface area contributed by atoms with Crippen molar-refractivity contribution >= 4 is 23.5 Å². The summed E-state index contributed by atoms with van der Waals surface area (Å²) in [6.45, 7) is 9.10. The smallest absolute Gasteiger partial charge is 0.268 e. The lowest BCUT2D eigenvalue weighted by atomic mass is 9.93. The van der Waals surface area contributed by atoms with Crippen LogP contribution < -0.4 is 31.3 Å². The molecule has 0 saturated carbocycles. The SMILES string of the molecule is Cc1cc2ccc1OCCCNCC(C)(C)CNC(=O)c1ccc(cc1)NC1=NC(OCC(C)(F)F)NC(=NC2)N1. The highest BCUT2D eigenvalue weighted by Gasteiger charge is 2.26. The Hall–Kier alpha value is -3.77. The van der Waals surface area contributed by atoms with Crippen LogP contribution >= 0.6 is 0 Å². The average molecular weight is 572 g/mol. The van der Waals surface area contributed by atoms with Crippen LogP contribution in [0.3, 0.4) is 0 Å². The Bertz CT molecular complexity index is 1260. The zero-order chi connectivity index (χ0) is 29.5. The number of hydrogen-bond acceptors (Lipinski definition) is 9. The van der Waals surface area contributed by atoms with Gasteiger partial charge in [0.05, 0.1) is 13.2 Å². The van der Waals surface area contributed by atoms with Crippen molar-refractivity contribution in [3.05, 3.63) is 59.2 Å². The monoisotopic (exact) mass is 571 g/mol. The fraction of sp³-hybridized carbons (Fsp3) is 0.483. The van der Waals surface area contributed by atoms with Gasteiger partial charge in [0.2, 0.25) is 18.3 Å². The average Bonchev–Trinajstić information content (AvgIpc) is 2.92. The number of rotatable bonds is 3. The van der Waals surface area contributed by atoms with Crippen LogP contribution in [-0.2, 0) is 11.3 Å². The first kappa shape index (κ1) is 30.2. The highest BCUT2D eigenvalue weighted by Crippen LogP contribution is 2.20. The van der Waals surface area contributed by atoms with Crippen LogP contribution in [0, 0.1) is 12.3 Å². The van der Waals surface area contributed by atoms with Crippen LogP contribution in [0.5, 0.6) is 5.75 Å². The molecule has 2 aromatic rings. The number of ether oxygens (including phenoxy) is 2. The zero-order valence-corrected chi connectivity index (χ0v) is 23.9. The highest BCUT2D eigenvalue weighted by atomic mass is 19.3. The van der Waals surface area contributed by atoms with E-state index in [1.807, 2.05) is 25.1 Å². The predicted molar refractivity (Wildman–Crippen MR) is 156 cm³/mol. The molecule has 0 spiro atoms. The molecule has 5 aliphatic heterocycles. The lowest BCUT2D eigenvalue weighted by Gasteiger charge is -2.27. The molecule has 1 unspecified atom stereocenters. The molecule has 0 aliphatic carbocycles. The normalized spacial score (nSPS) is 20.2. The number of benzene rings is 2. The molecule has 0 saturated heterocycles. The Balaban J connectivity index is 1.56. The highest BCUT2D eigenvalue weighted by molar-refractivity contribution is 6.06. The Labute approximate surface area is 239 Å². The van der Waals surface area contributed by atoms with Gasteiger partial charge >= 0.3 is 0 Å². The molecule has 6 bridgehead atoms. The third-order valence-corrected chi connectivity index (χ3v) is 6.39. The number of carbonyl (C=O) groups excluding carboxylic acids is 1. The number of carbonyl (C=O) groups is 1. The molecular weight excluding hydrogens is 532 g/mol. The molecule has 41 heavy (non-hydrogen) atoms. The molecule has 1 atom stereocenters. The minimum atomic E-state index is -3.02. The van der Waals surface area contributed by atoms with Gasteiger partial charge in [0.15, 0.2) is 0 Å². The number of anilines is 1. The van der Waals surface area contributed by atoms with Crippen LogP contribution in [0.15, 0.2) is 52.4 Å². The van der Waals surface area contributed by atoms with Crippen molar-refractivity contribution < 1.29 is 23.0 Å². The van der Waals surface area contributed by atoms with E-state index in [1.165, 1.54) is 0 Å². The second-order valence-electron chi connectivity index (χ2n) is 11.2. The molecule has 10 nitrogen and oxygen atoms in total. The number of aliphatic imine (C=N–C) groups is 2. The van der Waals surface area contributed by atoms with Crippen LogP contribution in [0.2, 0.25) is 0 Å². The van der Waals surface area contributed by atoms with Gasteiger partial charge in [-0.2, -0.15) is 4.99 Å². The Morgan fingerprint density at radius 2 is 1.88 bits per heavy atom. The summed E-state index contributed by atoms with van der Waals surface area (Å²) in [6.07, 6.45) is -0.242.